The van der Waals surface area contributed by atoms with Crippen molar-refractivity contribution >= 4 is 11.9 Å². The molecule has 1 saturated heterocycles. The number of aliphatic hydroxyl groups excluding tert-OH is 2. The number of benzene rings is 1. The van der Waals surface area contributed by atoms with E-state index in [4.69, 9.17) is 14.2 Å². The molecule has 7 nitrogen and oxygen atoms in total. The monoisotopic (exact) mass is 338 g/mol. The Hall–Kier alpha value is -1.80. The molecule has 24 heavy (non-hydrogen) atoms. The first kappa shape index (κ1) is 18.5. The van der Waals surface area contributed by atoms with Crippen LogP contribution in [0.15, 0.2) is 30.3 Å². The molecule has 1 aromatic rings. The number of hydrogen-bond donors (Lipinski definition) is 2. The lowest BCUT2D eigenvalue weighted by atomic mass is 9.90. The molecule has 0 radical (unpaired) electrons. The summed E-state index contributed by atoms with van der Waals surface area (Å²) >= 11 is 0. The Morgan fingerprint density at radius 2 is 1.75 bits per heavy atom. The van der Waals surface area contributed by atoms with Crippen molar-refractivity contribution in [3.63, 3.8) is 0 Å². The van der Waals surface area contributed by atoms with E-state index in [1.54, 1.807) is 6.92 Å². The van der Waals surface area contributed by atoms with Crippen LogP contribution in [-0.2, 0) is 23.8 Å². The van der Waals surface area contributed by atoms with Crippen molar-refractivity contribution < 1.29 is 34.0 Å². The van der Waals surface area contributed by atoms with E-state index in [9.17, 15) is 19.8 Å². The molecule has 7 heteroatoms. The summed E-state index contributed by atoms with van der Waals surface area (Å²) in [6, 6.07) is 9.28. The minimum Gasteiger partial charge on any atom is -0.395 e. The smallest absolute Gasteiger partial charge is 0.324 e. The third-order valence-corrected chi connectivity index (χ3v) is 4.05. The minimum atomic E-state index is -1.53. The highest BCUT2D eigenvalue weighted by Gasteiger charge is 2.44. The molecule has 1 aliphatic heterocycles. The Balaban J connectivity index is 1.97. The molecule has 2 N–H and O–H groups in total. The second-order valence-corrected chi connectivity index (χ2v) is 6.48. The number of carbonyl (C=O) groups is 2. The molecule has 0 atom stereocenters. The van der Waals surface area contributed by atoms with E-state index in [-0.39, 0.29) is 13.2 Å². The van der Waals surface area contributed by atoms with Crippen LogP contribution in [0.2, 0.25) is 0 Å². The zero-order valence-corrected chi connectivity index (χ0v) is 13.7. The van der Waals surface area contributed by atoms with E-state index in [0.29, 0.717) is 0 Å². The van der Waals surface area contributed by atoms with Gasteiger partial charge in [-0.05, 0) is 13.8 Å². The summed E-state index contributed by atoms with van der Waals surface area (Å²) in [5.74, 6) is -1.80. The van der Waals surface area contributed by atoms with Crippen molar-refractivity contribution in [1.82, 2.24) is 0 Å². The standard InChI is InChI=1S/C17H22O7/c1-16(8-18,9-19)14(20)24-15(21)17(2)10-22-13(23-11-17)12-6-4-3-5-7-12/h3-7,13,18-19H,8-11H2,1-2H3. The summed E-state index contributed by atoms with van der Waals surface area (Å²) in [7, 11) is 0. The van der Waals surface area contributed by atoms with E-state index in [1.165, 1.54) is 6.92 Å². The molecule has 2 rings (SSSR count). The van der Waals surface area contributed by atoms with Crippen molar-refractivity contribution in [3.05, 3.63) is 35.9 Å². The zero-order chi connectivity index (χ0) is 17.8. The zero-order valence-electron chi connectivity index (χ0n) is 13.7. The predicted molar refractivity (Wildman–Crippen MR) is 82.6 cm³/mol. The molecule has 0 saturated carbocycles. The Morgan fingerprint density at radius 1 is 1.21 bits per heavy atom. The van der Waals surface area contributed by atoms with Crippen molar-refractivity contribution in [2.24, 2.45) is 10.8 Å². The van der Waals surface area contributed by atoms with Gasteiger partial charge >= 0.3 is 11.9 Å². The second-order valence-electron chi connectivity index (χ2n) is 6.48. The SMILES string of the molecule is CC(CO)(CO)C(=O)OC(=O)C1(C)COC(c2ccccc2)OC1. The Labute approximate surface area is 140 Å². The van der Waals surface area contributed by atoms with Gasteiger partial charge in [0.05, 0.1) is 26.4 Å². The number of esters is 2. The average Bonchev–Trinajstić information content (AvgIpc) is 2.62. The molecule has 132 valence electrons. The first-order valence-electron chi connectivity index (χ1n) is 7.61. The fourth-order valence-corrected chi connectivity index (χ4v) is 2.04. The van der Waals surface area contributed by atoms with Crippen LogP contribution in [0.3, 0.4) is 0 Å². The third-order valence-electron chi connectivity index (χ3n) is 4.05. The lowest BCUT2D eigenvalue weighted by Crippen LogP contribution is -2.47. The largest absolute Gasteiger partial charge is 0.395 e. The molecule has 0 unspecified atom stereocenters. The van der Waals surface area contributed by atoms with Gasteiger partial charge < -0.3 is 24.4 Å². The molecular weight excluding hydrogens is 316 g/mol. The highest BCUT2D eigenvalue weighted by atomic mass is 16.7. The van der Waals surface area contributed by atoms with Crippen molar-refractivity contribution in [2.75, 3.05) is 26.4 Å². The third kappa shape index (κ3) is 3.81. The topological polar surface area (TPSA) is 102 Å². The molecule has 1 fully saturated rings. The summed E-state index contributed by atoms with van der Waals surface area (Å²) in [6.45, 7) is 1.66. The first-order chi connectivity index (χ1) is 11.3. The van der Waals surface area contributed by atoms with Gasteiger partial charge in [0.15, 0.2) is 6.29 Å². The molecule has 1 aromatic carbocycles. The van der Waals surface area contributed by atoms with Crippen LogP contribution in [0.25, 0.3) is 0 Å². The van der Waals surface area contributed by atoms with Crippen LogP contribution in [-0.4, -0.2) is 48.6 Å². The van der Waals surface area contributed by atoms with Crippen LogP contribution in [0, 0.1) is 10.8 Å². The quantitative estimate of drug-likeness (QED) is 0.605. The van der Waals surface area contributed by atoms with Gasteiger partial charge in [-0.2, -0.15) is 0 Å². The van der Waals surface area contributed by atoms with Crippen LogP contribution in [0.1, 0.15) is 25.7 Å². The number of hydrogen-bond acceptors (Lipinski definition) is 7. The summed E-state index contributed by atoms with van der Waals surface area (Å²) in [4.78, 5) is 24.2. The van der Waals surface area contributed by atoms with Crippen LogP contribution < -0.4 is 0 Å². The first-order valence-corrected chi connectivity index (χ1v) is 7.61. The van der Waals surface area contributed by atoms with Crippen LogP contribution in [0.4, 0.5) is 0 Å². The highest BCUT2D eigenvalue weighted by Crippen LogP contribution is 2.33. The Bertz CT molecular complexity index is 572. The lowest BCUT2D eigenvalue weighted by Gasteiger charge is -2.35. The highest BCUT2D eigenvalue weighted by molar-refractivity contribution is 5.91. The van der Waals surface area contributed by atoms with E-state index in [0.717, 1.165) is 5.56 Å². The van der Waals surface area contributed by atoms with Crippen molar-refractivity contribution in [2.45, 2.75) is 20.1 Å². The van der Waals surface area contributed by atoms with Gasteiger partial charge in [-0.3, -0.25) is 9.59 Å². The molecule has 0 spiro atoms. The normalized spacial score (nSPS) is 24.4. The van der Waals surface area contributed by atoms with Crippen LogP contribution >= 0.6 is 0 Å². The maximum absolute atomic E-state index is 12.3. The second kappa shape index (κ2) is 7.40. The fraction of sp³-hybridized carbons (Fsp3) is 0.529. The minimum absolute atomic E-state index is 0.0215. The molecule has 0 amide bonds. The van der Waals surface area contributed by atoms with E-state index in [1.807, 2.05) is 30.3 Å². The molecule has 0 aliphatic carbocycles. The van der Waals surface area contributed by atoms with E-state index >= 15 is 0 Å². The van der Waals surface area contributed by atoms with E-state index < -0.39 is 42.3 Å². The molecule has 1 aliphatic rings. The molecular formula is C17H22O7. The van der Waals surface area contributed by atoms with Crippen molar-refractivity contribution in [3.8, 4) is 0 Å². The molecule has 0 aromatic heterocycles. The van der Waals surface area contributed by atoms with Gasteiger partial charge in [0.1, 0.15) is 10.8 Å². The van der Waals surface area contributed by atoms with Gasteiger partial charge in [0.25, 0.3) is 0 Å². The number of ether oxygens (including phenoxy) is 3. The van der Waals surface area contributed by atoms with Gasteiger partial charge in [-0.15, -0.1) is 0 Å². The lowest BCUT2D eigenvalue weighted by molar-refractivity contribution is -0.236. The molecule has 1 heterocycles. The Kier molecular flexibility index (Phi) is 5.71. The summed E-state index contributed by atoms with van der Waals surface area (Å²) in [6.07, 6.45) is -0.581. The van der Waals surface area contributed by atoms with E-state index in [2.05, 4.69) is 0 Å². The number of rotatable bonds is 5. The van der Waals surface area contributed by atoms with Gasteiger partial charge in [0, 0.05) is 5.56 Å². The van der Waals surface area contributed by atoms with Crippen molar-refractivity contribution in [1.29, 1.82) is 0 Å². The van der Waals surface area contributed by atoms with Gasteiger partial charge in [-0.1, -0.05) is 30.3 Å². The Morgan fingerprint density at radius 3 is 2.25 bits per heavy atom. The van der Waals surface area contributed by atoms with Crippen LogP contribution in [0.5, 0.6) is 0 Å². The maximum atomic E-state index is 12.3. The summed E-state index contributed by atoms with van der Waals surface area (Å²) in [5, 5.41) is 18.4. The number of carbonyl (C=O) groups excluding carboxylic acids is 2. The predicted octanol–water partition coefficient (Wildman–Crippen LogP) is 0.799. The summed E-state index contributed by atoms with van der Waals surface area (Å²) < 4.78 is 16.0. The van der Waals surface area contributed by atoms with Gasteiger partial charge in [0.2, 0.25) is 0 Å². The maximum Gasteiger partial charge on any atom is 0.324 e. The number of aliphatic hydroxyl groups is 2. The molecule has 0 bridgehead atoms. The summed E-state index contributed by atoms with van der Waals surface area (Å²) in [5.41, 5.74) is -1.85. The average molecular weight is 338 g/mol. The fourth-order valence-electron chi connectivity index (χ4n) is 2.04. The van der Waals surface area contributed by atoms with Gasteiger partial charge in [-0.25, -0.2) is 0 Å².